The molecule has 2 nitrogen and oxygen atoms in total. The molecule has 17 heavy (non-hydrogen) atoms. The van der Waals surface area contributed by atoms with Gasteiger partial charge < -0.3 is 5.11 Å². The first kappa shape index (κ1) is 12.4. The zero-order chi connectivity index (χ0) is 12.8. The number of fused-ring (bicyclic) bond motifs is 1. The number of hydrogen-bond donors (Lipinski definition) is 1. The van der Waals surface area contributed by atoms with Crippen molar-refractivity contribution >= 4 is 5.97 Å². The predicted octanol–water partition coefficient (Wildman–Crippen LogP) is 3.65. The highest BCUT2D eigenvalue weighted by molar-refractivity contribution is 5.68. The van der Waals surface area contributed by atoms with Gasteiger partial charge in [0, 0.05) is 0 Å². The van der Waals surface area contributed by atoms with Crippen LogP contribution in [0.25, 0.3) is 0 Å². The molecule has 3 atom stereocenters. The third kappa shape index (κ3) is 1.84. The van der Waals surface area contributed by atoms with E-state index in [1.54, 1.807) is 0 Å². The molecule has 0 bridgehead atoms. The van der Waals surface area contributed by atoms with Crippen molar-refractivity contribution in [1.29, 1.82) is 0 Å². The van der Waals surface area contributed by atoms with E-state index in [9.17, 15) is 4.79 Å². The van der Waals surface area contributed by atoms with E-state index in [4.69, 9.17) is 5.11 Å². The Morgan fingerprint density at radius 2 is 2.24 bits per heavy atom. The molecule has 0 radical (unpaired) electrons. The van der Waals surface area contributed by atoms with Gasteiger partial charge in [0.15, 0.2) is 0 Å². The van der Waals surface area contributed by atoms with Gasteiger partial charge in [-0.2, -0.15) is 0 Å². The second-order valence-corrected chi connectivity index (χ2v) is 6.39. The largest absolute Gasteiger partial charge is 0.481 e. The van der Waals surface area contributed by atoms with E-state index in [0.29, 0.717) is 11.8 Å². The average molecular weight is 234 g/mol. The maximum Gasteiger partial charge on any atom is 0.304 e. The molecule has 94 valence electrons. The minimum atomic E-state index is -0.705. The van der Waals surface area contributed by atoms with E-state index in [2.05, 4.69) is 33.4 Å². The standard InChI is InChI=1S/C15H22O2/c1-5-15(9-13(16)17)7-11-6-10(2)14(3,4)12(11)8-15/h5-6,11-12H,1,7-9H2,2-4H3,(H,16,17)/t11-,12+,15-/m0/s1. The van der Waals surface area contributed by atoms with Gasteiger partial charge in [0.1, 0.15) is 0 Å². The molecule has 2 heteroatoms. The van der Waals surface area contributed by atoms with E-state index in [0.717, 1.165) is 12.8 Å². The predicted molar refractivity (Wildman–Crippen MR) is 68.6 cm³/mol. The molecule has 1 saturated carbocycles. The summed E-state index contributed by atoms with van der Waals surface area (Å²) >= 11 is 0. The van der Waals surface area contributed by atoms with Crippen molar-refractivity contribution in [2.75, 3.05) is 0 Å². The first-order chi connectivity index (χ1) is 7.81. The zero-order valence-electron chi connectivity index (χ0n) is 11.0. The number of allylic oxidation sites excluding steroid dienone is 3. The van der Waals surface area contributed by atoms with Crippen molar-refractivity contribution in [2.24, 2.45) is 22.7 Å². The minimum absolute atomic E-state index is 0.185. The van der Waals surface area contributed by atoms with Gasteiger partial charge in [0.25, 0.3) is 0 Å². The molecule has 2 aliphatic rings. The van der Waals surface area contributed by atoms with Crippen molar-refractivity contribution < 1.29 is 9.90 Å². The molecule has 1 N–H and O–H groups in total. The lowest BCUT2D eigenvalue weighted by Crippen LogP contribution is -2.24. The highest BCUT2D eigenvalue weighted by atomic mass is 16.4. The Labute approximate surface area is 103 Å². The summed E-state index contributed by atoms with van der Waals surface area (Å²) in [6, 6.07) is 0. The summed E-state index contributed by atoms with van der Waals surface area (Å²) in [5.74, 6) is 0.422. The molecule has 0 aromatic heterocycles. The minimum Gasteiger partial charge on any atom is -0.481 e. The van der Waals surface area contributed by atoms with Crippen LogP contribution in [0.5, 0.6) is 0 Å². The molecule has 0 saturated heterocycles. The number of aliphatic carboxylic acids is 1. The van der Waals surface area contributed by atoms with Gasteiger partial charge in [0.2, 0.25) is 0 Å². The van der Waals surface area contributed by atoms with Gasteiger partial charge in [-0.1, -0.05) is 31.6 Å². The quantitative estimate of drug-likeness (QED) is 0.757. The molecule has 0 aliphatic heterocycles. The molecule has 0 unspecified atom stereocenters. The molecule has 0 aromatic rings. The highest BCUT2D eigenvalue weighted by Gasteiger charge is 2.52. The Morgan fingerprint density at radius 1 is 1.59 bits per heavy atom. The first-order valence-corrected chi connectivity index (χ1v) is 6.35. The van der Waals surface area contributed by atoms with Gasteiger partial charge in [-0.05, 0) is 42.4 Å². The van der Waals surface area contributed by atoms with Crippen LogP contribution in [0.15, 0.2) is 24.3 Å². The van der Waals surface area contributed by atoms with E-state index < -0.39 is 5.97 Å². The summed E-state index contributed by atoms with van der Waals surface area (Å²) in [7, 11) is 0. The van der Waals surface area contributed by atoms with Crippen LogP contribution in [0.2, 0.25) is 0 Å². The van der Waals surface area contributed by atoms with Crippen LogP contribution in [0.4, 0.5) is 0 Å². The summed E-state index contributed by atoms with van der Waals surface area (Å²) < 4.78 is 0. The fourth-order valence-electron chi connectivity index (χ4n) is 3.76. The lowest BCUT2D eigenvalue weighted by molar-refractivity contribution is -0.139. The van der Waals surface area contributed by atoms with Gasteiger partial charge >= 0.3 is 5.97 Å². The van der Waals surface area contributed by atoms with Gasteiger partial charge in [-0.25, -0.2) is 0 Å². The van der Waals surface area contributed by atoms with Crippen LogP contribution < -0.4 is 0 Å². The SMILES string of the molecule is C=C[C@@]1(CC(=O)O)C[C@@H]2[C@@H](C=C(C)C2(C)C)C1. The van der Waals surface area contributed by atoms with Crippen LogP contribution >= 0.6 is 0 Å². The van der Waals surface area contributed by atoms with Crippen molar-refractivity contribution in [3.63, 3.8) is 0 Å². The Balaban J connectivity index is 2.25. The topological polar surface area (TPSA) is 37.3 Å². The smallest absolute Gasteiger partial charge is 0.304 e. The van der Waals surface area contributed by atoms with Crippen molar-refractivity contribution in [1.82, 2.24) is 0 Å². The van der Waals surface area contributed by atoms with Crippen LogP contribution in [0, 0.1) is 22.7 Å². The molecular weight excluding hydrogens is 212 g/mol. The summed E-state index contributed by atoms with van der Waals surface area (Å²) in [5.41, 5.74) is 1.49. The third-order valence-electron chi connectivity index (χ3n) is 5.13. The number of hydrogen-bond acceptors (Lipinski definition) is 1. The second kappa shape index (κ2) is 3.72. The zero-order valence-corrected chi connectivity index (χ0v) is 11.0. The monoisotopic (exact) mass is 234 g/mol. The summed E-state index contributed by atoms with van der Waals surface area (Å²) in [6.07, 6.45) is 6.39. The molecule has 2 aliphatic carbocycles. The second-order valence-electron chi connectivity index (χ2n) is 6.39. The number of carboxylic acid groups (broad SMARTS) is 1. The highest BCUT2D eigenvalue weighted by Crippen LogP contribution is 2.60. The van der Waals surface area contributed by atoms with Gasteiger partial charge in [0.05, 0.1) is 6.42 Å². The molecule has 0 aromatic carbocycles. The maximum atomic E-state index is 11.0. The van der Waals surface area contributed by atoms with Crippen LogP contribution in [0.3, 0.4) is 0 Å². The normalized spacial score (nSPS) is 38.6. The van der Waals surface area contributed by atoms with Gasteiger partial charge in [-0.15, -0.1) is 6.58 Å². The van der Waals surface area contributed by atoms with E-state index in [-0.39, 0.29) is 17.3 Å². The Morgan fingerprint density at radius 3 is 2.71 bits per heavy atom. The molecular formula is C15H22O2. The number of carboxylic acids is 1. The fraction of sp³-hybridized carbons (Fsp3) is 0.667. The van der Waals surface area contributed by atoms with Crippen LogP contribution in [-0.4, -0.2) is 11.1 Å². The van der Waals surface area contributed by atoms with E-state index in [1.165, 1.54) is 5.57 Å². The van der Waals surface area contributed by atoms with Crippen molar-refractivity contribution in [3.05, 3.63) is 24.3 Å². The van der Waals surface area contributed by atoms with Crippen LogP contribution in [0.1, 0.15) is 40.0 Å². The summed E-state index contributed by atoms with van der Waals surface area (Å²) in [5, 5.41) is 9.05. The van der Waals surface area contributed by atoms with E-state index in [1.807, 2.05) is 6.08 Å². The molecule has 1 fully saturated rings. The third-order valence-corrected chi connectivity index (χ3v) is 5.13. The first-order valence-electron chi connectivity index (χ1n) is 6.35. The molecule has 0 spiro atoms. The van der Waals surface area contributed by atoms with Gasteiger partial charge in [-0.3, -0.25) is 4.79 Å². The average Bonchev–Trinajstić information content (AvgIpc) is 2.65. The molecule has 0 amide bonds. The van der Waals surface area contributed by atoms with Crippen molar-refractivity contribution in [2.45, 2.75) is 40.0 Å². The maximum absolute atomic E-state index is 11.0. The van der Waals surface area contributed by atoms with Crippen LogP contribution in [-0.2, 0) is 4.79 Å². The number of rotatable bonds is 3. The summed E-state index contributed by atoms with van der Waals surface area (Å²) in [4.78, 5) is 11.0. The molecule has 2 rings (SSSR count). The Hall–Kier alpha value is -1.05. The Kier molecular flexibility index (Phi) is 2.72. The Bertz CT molecular complexity index is 392. The lowest BCUT2D eigenvalue weighted by Gasteiger charge is -2.31. The number of carbonyl (C=O) groups is 1. The molecule has 0 heterocycles. The van der Waals surface area contributed by atoms with E-state index >= 15 is 0 Å². The van der Waals surface area contributed by atoms with Crippen molar-refractivity contribution in [3.8, 4) is 0 Å². The fourth-order valence-corrected chi connectivity index (χ4v) is 3.76. The summed E-state index contributed by atoms with van der Waals surface area (Å²) in [6.45, 7) is 10.6. The lowest BCUT2D eigenvalue weighted by atomic mass is 9.73.